The number of hydrogen-bond donors (Lipinski definition) is 1. The Morgan fingerprint density at radius 1 is 1.56 bits per heavy atom. The zero-order valence-electron chi connectivity index (χ0n) is 9.24. The lowest BCUT2D eigenvalue weighted by molar-refractivity contribution is -0.127. The highest BCUT2D eigenvalue weighted by molar-refractivity contribution is 7.81. The van der Waals surface area contributed by atoms with Crippen LogP contribution < -0.4 is 4.74 Å². The first-order chi connectivity index (χ1) is 7.58. The molecule has 0 bridgehead atoms. The number of halogens is 1. The van der Waals surface area contributed by atoms with Crippen LogP contribution in [0, 0.1) is 5.82 Å². The number of ether oxygens (including phenoxy) is 1. The monoisotopic (exact) mass is 243 g/mol. The highest BCUT2D eigenvalue weighted by atomic mass is 32.1. The molecule has 0 saturated carbocycles. The van der Waals surface area contributed by atoms with E-state index in [4.69, 9.17) is 4.74 Å². The van der Waals surface area contributed by atoms with Gasteiger partial charge in [-0.15, -0.1) is 0 Å². The minimum absolute atomic E-state index is 0.116. The molecule has 0 saturated heterocycles. The molecule has 0 aliphatic carbocycles. The van der Waals surface area contributed by atoms with Gasteiger partial charge < -0.3 is 9.64 Å². The molecule has 0 radical (unpaired) electrons. The third-order valence-electron chi connectivity index (χ3n) is 2.21. The van der Waals surface area contributed by atoms with Crippen LogP contribution in [0.25, 0.3) is 0 Å². The number of hydrogen-bond acceptors (Lipinski definition) is 3. The summed E-state index contributed by atoms with van der Waals surface area (Å²) < 4.78 is 18.1. The SMILES string of the molecule is COc1ccc(F)cc1CN(C)C(=O)CS. The fraction of sp³-hybridized carbons (Fsp3) is 0.364. The molecule has 1 amide bonds. The average Bonchev–Trinajstić information content (AvgIpc) is 2.28. The summed E-state index contributed by atoms with van der Waals surface area (Å²) in [5.74, 6) is 0.242. The third kappa shape index (κ3) is 3.13. The van der Waals surface area contributed by atoms with Crippen molar-refractivity contribution in [2.45, 2.75) is 6.54 Å². The quantitative estimate of drug-likeness (QED) is 0.816. The van der Waals surface area contributed by atoms with Gasteiger partial charge in [0.15, 0.2) is 0 Å². The van der Waals surface area contributed by atoms with Crippen molar-refractivity contribution in [3.8, 4) is 5.75 Å². The van der Waals surface area contributed by atoms with Crippen LogP contribution in [0.5, 0.6) is 5.75 Å². The van der Waals surface area contributed by atoms with Gasteiger partial charge in [-0.1, -0.05) is 0 Å². The second kappa shape index (κ2) is 5.75. The van der Waals surface area contributed by atoms with Crippen LogP contribution >= 0.6 is 12.6 Å². The maximum absolute atomic E-state index is 13.0. The van der Waals surface area contributed by atoms with Gasteiger partial charge in [0.25, 0.3) is 0 Å². The smallest absolute Gasteiger partial charge is 0.232 e. The summed E-state index contributed by atoms with van der Waals surface area (Å²) in [5.41, 5.74) is 0.639. The van der Waals surface area contributed by atoms with Gasteiger partial charge in [0, 0.05) is 19.2 Å². The zero-order chi connectivity index (χ0) is 12.1. The summed E-state index contributed by atoms with van der Waals surface area (Å²) in [6.45, 7) is 0.306. The van der Waals surface area contributed by atoms with Crippen LogP contribution in [-0.4, -0.2) is 30.7 Å². The van der Waals surface area contributed by atoms with E-state index in [1.165, 1.54) is 24.1 Å². The number of carbonyl (C=O) groups excluding carboxylic acids is 1. The second-order valence-corrected chi connectivity index (χ2v) is 3.68. The molecule has 1 rings (SSSR count). The molecule has 5 heteroatoms. The molecule has 0 spiro atoms. The van der Waals surface area contributed by atoms with Gasteiger partial charge in [-0.25, -0.2) is 4.39 Å². The molecular weight excluding hydrogens is 229 g/mol. The minimum atomic E-state index is -0.345. The van der Waals surface area contributed by atoms with E-state index in [0.29, 0.717) is 17.9 Å². The second-order valence-electron chi connectivity index (χ2n) is 3.36. The zero-order valence-corrected chi connectivity index (χ0v) is 10.1. The number of rotatable bonds is 4. The standard InChI is InChI=1S/C11H14FNO2S/c1-13(11(14)7-16)6-8-5-9(12)3-4-10(8)15-2/h3-5,16H,6-7H2,1-2H3. The van der Waals surface area contributed by atoms with Gasteiger partial charge in [-0.3, -0.25) is 4.79 Å². The summed E-state index contributed by atoms with van der Waals surface area (Å²) in [5, 5.41) is 0. The van der Waals surface area contributed by atoms with Crippen molar-refractivity contribution in [2.24, 2.45) is 0 Å². The molecule has 0 unspecified atom stereocenters. The number of benzene rings is 1. The van der Waals surface area contributed by atoms with E-state index in [1.54, 1.807) is 13.1 Å². The molecule has 16 heavy (non-hydrogen) atoms. The molecule has 0 aliphatic heterocycles. The molecule has 1 aromatic rings. The predicted molar refractivity (Wildman–Crippen MR) is 63.3 cm³/mol. The molecule has 0 aromatic heterocycles. The van der Waals surface area contributed by atoms with E-state index < -0.39 is 0 Å². The Bertz CT molecular complexity index is 384. The lowest BCUT2D eigenvalue weighted by Crippen LogP contribution is -2.27. The molecule has 3 nitrogen and oxygen atoms in total. The van der Waals surface area contributed by atoms with Crippen molar-refractivity contribution < 1.29 is 13.9 Å². The molecule has 0 aliphatic rings. The van der Waals surface area contributed by atoms with Crippen molar-refractivity contribution in [3.63, 3.8) is 0 Å². The minimum Gasteiger partial charge on any atom is -0.496 e. The van der Waals surface area contributed by atoms with E-state index in [9.17, 15) is 9.18 Å². The third-order valence-corrected chi connectivity index (χ3v) is 2.48. The Hall–Kier alpha value is -1.23. The van der Waals surface area contributed by atoms with Crippen molar-refractivity contribution in [3.05, 3.63) is 29.6 Å². The molecule has 0 heterocycles. The topological polar surface area (TPSA) is 29.5 Å². The van der Waals surface area contributed by atoms with Crippen LogP contribution in [0.2, 0.25) is 0 Å². The Labute approximate surface area is 99.6 Å². The number of amides is 1. The maximum Gasteiger partial charge on any atom is 0.232 e. The van der Waals surface area contributed by atoms with Gasteiger partial charge >= 0.3 is 0 Å². The fourth-order valence-corrected chi connectivity index (χ4v) is 1.58. The van der Waals surface area contributed by atoms with Gasteiger partial charge in [0.1, 0.15) is 11.6 Å². The fourth-order valence-electron chi connectivity index (χ4n) is 1.34. The first-order valence-electron chi connectivity index (χ1n) is 4.75. The molecular formula is C11H14FNO2S. The first-order valence-corrected chi connectivity index (χ1v) is 5.39. The van der Waals surface area contributed by atoms with Gasteiger partial charge in [0.05, 0.1) is 12.9 Å². The van der Waals surface area contributed by atoms with E-state index >= 15 is 0 Å². The summed E-state index contributed by atoms with van der Waals surface area (Å²) >= 11 is 3.89. The molecule has 0 atom stereocenters. The predicted octanol–water partition coefficient (Wildman–Crippen LogP) is 1.72. The lowest BCUT2D eigenvalue weighted by atomic mass is 10.2. The van der Waals surface area contributed by atoms with Crippen molar-refractivity contribution in [1.82, 2.24) is 4.90 Å². The van der Waals surface area contributed by atoms with E-state index in [2.05, 4.69) is 12.6 Å². The Morgan fingerprint density at radius 3 is 2.81 bits per heavy atom. The highest BCUT2D eigenvalue weighted by Crippen LogP contribution is 2.20. The first kappa shape index (κ1) is 12.8. The number of carbonyl (C=O) groups is 1. The van der Waals surface area contributed by atoms with Crippen LogP contribution in [0.1, 0.15) is 5.56 Å². The molecule has 88 valence electrons. The van der Waals surface area contributed by atoms with Crippen LogP contribution in [0.15, 0.2) is 18.2 Å². The van der Waals surface area contributed by atoms with Crippen LogP contribution in [-0.2, 0) is 11.3 Å². The Balaban J connectivity index is 2.86. The number of methoxy groups -OCH3 is 1. The van der Waals surface area contributed by atoms with E-state index in [1.807, 2.05) is 0 Å². The van der Waals surface area contributed by atoms with E-state index in [-0.39, 0.29) is 17.5 Å². The summed E-state index contributed by atoms with van der Waals surface area (Å²) in [6.07, 6.45) is 0. The Kier molecular flexibility index (Phi) is 4.61. The molecule has 0 fully saturated rings. The van der Waals surface area contributed by atoms with Crippen molar-refractivity contribution in [1.29, 1.82) is 0 Å². The normalized spacial score (nSPS) is 10.0. The molecule has 0 N–H and O–H groups in total. The van der Waals surface area contributed by atoms with Crippen LogP contribution in [0.3, 0.4) is 0 Å². The van der Waals surface area contributed by atoms with Crippen LogP contribution in [0.4, 0.5) is 4.39 Å². The Morgan fingerprint density at radius 2 is 2.25 bits per heavy atom. The molecule has 1 aromatic carbocycles. The average molecular weight is 243 g/mol. The summed E-state index contributed by atoms with van der Waals surface area (Å²) in [7, 11) is 3.15. The maximum atomic E-state index is 13.0. The number of thiol groups is 1. The summed E-state index contributed by atoms with van der Waals surface area (Å²) in [6, 6.07) is 4.23. The van der Waals surface area contributed by atoms with Gasteiger partial charge in [0.2, 0.25) is 5.91 Å². The number of nitrogens with zero attached hydrogens (tertiary/aromatic N) is 1. The lowest BCUT2D eigenvalue weighted by Gasteiger charge is -2.17. The largest absolute Gasteiger partial charge is 0.496 e. The summed E-state index contributed by atoms with van der Waals surface area (Å²) in [4.78, 5) is 12.8. The van der Waals surface area contributed by atoms with Gasteiger partial charge in [-0.2, -0.15) is 12.6 Å². The van der Waals surface area contributed by atoms with Gasteiger partial charge in [-0.05, 0) is 18.2 Å². The van der Waals surface area contributed by atoms with Crippen molar-refractivity contribution in [2.75, 3.05) is 19.9 Å². The van der Waals surface area contributed by atoms with E-state index in [0.717, 1.165) is 0 Å². The highest BCUT2D eigenvalue weighted by Gasteiger charge is 2.11. The van der Waals surface area contributed by atoms with Crippen molar-refractivity contribution >= 4 is 18.5 Å².